The van der Waals surface area contributed by atoms with E-state index in [2.05, 4.69) is 10.7 Å². The fraction of sp³-hybridized carbons (Fsp3) is 0.273. The van der Waals surface area contributed by atoms with Gasteiger partial charge in [-0.05, 0) is 37.3 Å². The molecule has 1 aliphatic heterocycles. The van der Waals surface area contributed by atoms with Crippen LogP contribution in [0.5, 0.6) is 5.75 Å². The lowest BCUT2D eigenvalue weighted by molar-refractivity contribution is -0.151. The largest absolute Gasteiger partial charge is 0.492 e. The predicted molar refractivity (Wildman–Crippen MR) is 121 cm³/mol. The fourth-order valence-corrected chi connectivity index (χ4v) is 3.39. The van der Waals surface area contributed by atoms with Crippen molar-refractivity contribution in [3.05, 3.63) is 58.1 Å². The van der Waals surface area contributed by atoms with E-state index in [1.165, 1.54) is 18.2 Å². The minimum atomic E-state index is -0.824. The topological polar surface area (TPSA) is 114 Å². The Morgan fingerprint density at radius 2 is 1.88 bits per heavy atom. The zero-order chi connectivity index (χ0) is 24.0. The van der Waals surface area contributed by atoms with Gasteiger partial charge in [-0.2, -0.15) is 0 Å². The molecule has 2 aromatic rings. The van der Waals surface area contributed by atoms with Crippen LogP contribution in [0.2, 0.25) is 10.0 Å². The van der Waals surface area contributed by atoms with Crippen LogP contribution in [0.4, 0.5) is 5.69 Å². The van der Waals surface area contributed by atoms with E-state index in [-0.39, 0.29) is 23.6 Å². The number of hydrogen-bond donors (Lipinski definition) is 2. The molecule has 3 amide bonds. The summed E-state index contributed by atoms with van der Waals surface area (Å²) >= 11 is 11.7. The Labute approximate surface area is 199 Å². The monoisotopic (exact) mass is 493 g/mol. The van der Waals surface area contributed by atoms with Crippen molar-refractivity contribution in [3.8, 4) is 5.75 Å². The molecular formula is C22H21Cl2N3O6. The van der Waals surface area contributed by atoms with Gasteiger partial charge in [0, 0.05) is 12.0 Å². The van der Waals surface area contributed by atoms with Gasteiger partial charge in [-0.25, -0.2) is 0 Å². The van der Waals surface area contributed by atoms with Crippen LogP contribution in [0.15, 0.2) is 42.5 Å². The molecule has 0 aliphatic carbocycles. The molecule has 174 valence electrons. The average molecular weight is 494 g/mol. The number of carbonyl (C=O) groups is 4. The molecule has 3 rings (SSSR count). The van der Waals surface area contributed by atoms with Crippen molar-refractivity contribution in [2.45, 2.75) is 13.3 Å². The minimum Gasteiger partial charge on any atom is -0.492 e. The first-order valence-electron chi connectivity index (χ1n) is 10.0. The Kier molecular flexibility index (Phi) is 8.13. The van der Waals surface area contributed by atoms with Crippen molar-refractivity contribution in [3.63, 3.8) is 0 Å². The van der Waals surface area contributed by atoms with Crippen molar-refractivity contribution >= 4 is 52.6 Å². The molecule has 1 saturated heterocycles. The molecule has 0 unspecified atom stereocenters. The molecule has 11 heteroatoms. The molecular weight excluding hydrogens is 473 g/mol. The van der Waals surface area contributed by atoms with E-state index >= 15 is 0 Å². The van der Waals surface area contributed by atoms with Gasteiger partial charge < -0.3 is 14.8 Å². The first-order valence-corrected chi connectivity index (χ1v) is 10.8. The lowest BCUT2D eigenvalue weighted by Crippen LogP contribution is -2.43. The van der Waals surface area contributed by atoms with Gasteiger partial charge >= 0.3 is 5.97 Å². The van der Waals surface area contributed by atoms with Gasteiger partial charge in [-0.1, -0.05) is 35.3 Å². The van der Waals surface area contributed by atoms with Crippen molar-refractivity contribution in [1.82, 2.24) is 10.4 Å². The van der Waals surface area contributed by atoms with Crippen LogP contribution in [-0.2, 0) is 19.1 Å². The number of carbonyl (C=O) groups excluding carboxylic acids is 4. The Morgan fingerprint density at radius 3 is 2.61 bits per heavy atom. The van der Waals surface area contributed by atoms with Gasteiger partial charge in [-0.15, -0.1) is 0 Å². The summed E-state index contributed by atoms with van der Waals surface area (Å²) in [4.78, 5) is 49.1. The highest BCUT2D eigenvalue weighted by Gasteiger charge is 2.36. The second-order valence-electron chi connectivity index (χ2n) is 7.06. The summed E-state index contributed by atoms with van der Waals surface area (Å²) in [6.07, 6.45) is -0.157. The quantitative estimate of drug-likeness (QED) is 0.546. The maximum atomic E-state index is 12.4. The van der Waals surface area contributed by atoms with Crippen LogP contribution < -0.4 is 15.5 Å². The van der Waals surface area contributed by atoms with E-state index in [9.17, 15) is 19.2 Å². The highest BCUT2D eigenvalue weighted by Crippen LogP contribution is 2.24. The van der Waals surface area contributed by atoms with Crippen molar-refractivity contribution in [2.75, 3.05) is 25.1 Å². The molecule has 9 nitrogen and oxygen atoms in total. The maximum absolute atomic E-state index is 12.4. The smallest absolute Gasteiger partial charge is 0.311 e. The Bertz CT molecular complexity index is 1080. The lowest BCUT2D eigenvalue weighted by Gasteiger charge is -2.17. The fourth-order valence-electron chi connectivity index (χ4n) is 3.09. The number of benzene rings is 2. The van der Waals surface area contributed by atoms with E-state index in [4.69, 9.17) is 32.7 Å². The number of rotatable bonds is 8. The number of ether oxygens (including phenoxy) is 2. The van der Waals surface area contributed by atoms with Gasteiger partial charge in [0.05, 0.1) is 34.8 Å². The summed E-state index contributed by atoms with van der Waals surface area (Å²) in [6, 6.07) is 11.2. The van der Waals surface area contributed by atoms with Crippen LogP contribution in [-0.4, -0.2) is 48.5 Å². The molecule has 1 aliphatic rings. The van der Waals surface area contributed by atoms with E-state index < -0.39 is 36.2 Å². The molecule has 0 spiro atoms. The number of esters is 1. The SMILES string of the molecule is CCOc1ccccc1NC(=O)COC(=O)[C@H]1CC(=O)N(NC(=O)c2ccc(Cl)c(Cl)c2)C1. The molecule has 0 saturated carbocycles. The molecule has 0 aromatic heterocycles. The number of hydrogen-bond acceptors (Lipinski definition) is 6. The van der Waals surface area contributed by atoms with Gasteiger partial charge in [-0.3, -0.25) is 29.6 Å². The highest BCUT2D eigenvalue weighted by atomic mass is 35.5. The third-order valence-corrected chi connectivity index (χ3v) is 5.42. The highest BCUT2D eigenvalue weighted by molar-refractivity contribution is 6.42. The van der Waals surface area contributed by atoms with E-state index in [0.29, 0.717) is 23.1 Å². The number of nitrogens with one attached hydrogen (secondary N) is 2. The zero-order valence-electron chi connectivity index (χ0n) is 17.6. The summed E-state index contributed by atoms with van der Waals surface area (Å²) in [5.74, 6) is -2.64. The van der Waals surface area contributed by atoms with Crippen molar-refractivity contribution in [2.24, 2.45) is 5.92 Å². The number of nitrogens with zero attached hydrogens (tertiary/aromatic N) is 1. The van der Waals surface area contributed by atoms with Gasteiger partial charge in [0.15, 0.2) is 6.61 Å². The first-order chi connectivity index (χ1) is 15.8. The van der Waals surface area contributed by atoms with Gasteiger partial charge in [0.1, 0.15) is 5.75 Å². The first kappa shape index (κ1) is 24.3. The zero-order valence-corrected chi connectivity index (χ0v) is 19.1. The standard InChI is InChI=1S/C22H21Cl2N3O6/c1-2-32-18-6-4-3-5-17(18)25-19(28)12-33-22(31)14-10-20(29)27(11-14)26-21(30)13-7-8-15(23)16(24)9-13/h3-9,14H,2,10-12H2,1H3,(H,25,28)(H,26,30)/t14-/m0/s1. The summed E-state index contributed by atoms with van der Waals surface area (Å²) in [7, 11) is 0. The second-order valence-corrected chi connectivity index (χ2v) is 7.87. The summed E-state index contributed by atoms with van der Waals surface area (Å²) < 4.78 is 10.5. The van der Waals surface area contributed by atoms with Crippen LogP contribution >= 0.6 is 23.2 Å². The molecule has 1 fully saturated rings. The molecule has 1 atom stereocenters. The normalized spacial score (nSPS) is 15.2. The van der Waals surface area contributed by atoms with Gasteiger partial charge in [0.25, 0.3) is 11.8 Å². The number of amides is 3. The Hall–Kier alpha value is -3.30. The van der Waals surface area contributed by atoms with Gasteiger partial charge in [0.2, 0.25) is 5.91 Å². The molecule has 2 N–H and O–H groups in total. The molecule has 1 heterocycles. The third-order valence-electron chi connectivity index (χ3n) is 4.68. The Balaban J connectivity index is 1.50. The summed E-state index contributed by atoms with van der Waals surface area (Å²) in [6.45, 7) is 1.63. The summed E-state index contributed by atoms with van der Waals surface area (Å²) in [5, 5.41) is 4.14. The number of hydrazine groups is 1. The average Bonchev–Trinajstić information content (AvgIpc) is 3.15. The Morgan fingerprint density at radius 1 is 1.12 bits per heavy atom. The number of para-hydroxylation sites is 2. The van der Waals surface area contributed by atoms with Crippen LogP contribution in [0, 0.1) is 5.92 Å². The second kappa shape index (κ2) is 11.0. The van der Waals surface area contributed by atoms with E-state index in [0.717, 1.165) is 5.01 Å². The van der Waals surface area contributed by atoms with Crippen LogP contribution in [0.25, 0.3) is 0 Å². The third kappa shape index (κ3) is 6.36. The lowest BCUT2D eigenvalue weighted by atomic mass is 10.1. The van der Waals surface area contributed by atoms with Crippen LogP contribution in [0.3, 0.4) is 0 Å². The predicted octanol–water partition coefficient (Wildman–Crippen LogP) is 3.07. The maximum Gasteiger partial charge on any atom is 0.311 e. The minimum absolute atomic E-state index is 0.0838. The van der Waals surface area contributed by atoms with Crippen molar-refractivity contribution in [1.29, 1.82) is 0 Å². The van der Waals surface area contributed by atoms with E-state index in [1.54, 1.807) is 24.3 Å². The molecule has 0 bridgehead atoms. The van der Waals surface area contributed by atoms with E-state index in [1.807, 2.05) is 6.92 Å². The molecule has 33 heavy (non-hydrogen) atoms. The van der Waals surface area contributed by atoms with Crippen molar-refractivity contribution < 1.29 is 28.7 Å². The molecule has 2 aromatic carbocycles. The summed E-state index contributed by atoms with van der Waals surface area (Å²) in [5.41, 5.74) is 3.09. The number of anilines is 1. The van der Waals surface area contributed by atoms with Crippen LogP contribution in [0.1, 0.15) is 23.7 Å². The molecule has 0 radical (unpaired) electrons. The number of halogens is 2.